The summed E-state index contributed by atoms with van der Waals surface area (Å²) in [6.45, 7) is 1.84. The first-order chi connectivity index (χ1) is 20.0. The van der Waals surface area contributed by atoms with Crippen LogP contribution < -0.4 is 20.7 Å². The standard InChI is InChI=1S/C29H38F3N7O3/c1-38-13-11-19(12-14-38)39(2)27(41)21-10-9-18(15-24(21)42-3)35-28-33-16-22(29(30,31)32)25(37-28)36-23-6-4-5-20(23)26(40)34-17-7-8-17/h9-10,15-17,19-20,23H,4-8,11-14H2,1-3H3,(H,34,40)(H2,33,35,36,37)/t20-,23+/m0/s1. The van der Waals surface area contributed by atoms with E-state index < -0.39 is 23.7 Å². The third-order valence-corrected chi connectivity index (χ3v) is 8.44. The van der Waals surface area contributed by atoms with Crippen molar-refractivity contribution in [3.63, 3.8) is 0 Å². The second kappa shape index (κ2) is 12.3. The van der Waals surface area contributed by atoms with Crippen molar-refractivity contribution in [2.75, 3.05) is 44.9 Å². The fourth-order valence-electron chi connectivity index (χ4n) is 5.73. The van der Waals surface area contributed by atoms with Crippen LogP contribution in [0.1, 0.15) is 60.9 Å². The molecule has 5 rings (SSSR count). The summed E-state index contributed by atoms with van der Waals surface area (Å²) in [5, 5.41) is 8.81. The molecule has 0 bridgehead atoms. The monoisotopic (exact) mass is 589 g/mol. The van der Waals surface area contributed by atoms with E-state index in [0.29, 0.717) is 29.8 Å². The molecule has 0 unspecified atom stereocenters. The molecule has 1 aliphatic heterocycles. The summed E-state index contributed by atoms with van der Waals surface area (Å²) in [5.41, 5.74) is -0.174. The van der Waals surface area contributed by atoms with Crippen molar-refractivity contribution in [1.29, 1.82) is 0 Å². The Bertz CT molecular complexity index is 1300. The molecule has 10 nitrogen and oxygen atoms in total. The quantitative estimate of drug-likeness (QED) is 0.398. The lowest BCUT2D eigenvalue weighted by atomic mass is 10.0. The Hall–Kier alpha value is -3.61. The van der Waals surface area contributed by atoms with Crippen LogP contribution in [0.15, 0.2) is 24.4 Å². The Morgan fingerprint density at radius 3 is 2.50 bits per heavy atom. The molecule has 2 atom stereocenters. The van der Waals surface area contributed by atoms with Crippen molar-refractivity contribution >= 4 is 29.3 Å². The number of likely N-dealkylation sites (tertiary alicyclic amines) is 1. The van der Waals surface area contributed by atoms with Crippen LogP contribution in [0.3, 0.4) is 0 Å². The number of aromatic nitrogens is 2. The number of amides is 2. The van der Waals surface area contributed by atoms with E-state index in [1.54, 1.807) is 30.1 Å². The van der Waals surface area contributed by atoms with Crippen LogP contribution in [0.25, 0.3) is 0 Å². The van der Waals surface area contributed by atoms with Crippen LogP contribution in [0, 0.1) is 5.92 Å². The van der Waals surface area contributed by atoms with Crippen molar-refractivity contribution in [1.82, 2.24) is 25.1 Å². The molecule has 1 aromatic heterocycles. The van der Waals surface area contributed by atoms with Crippen molar-refractivity contribution in [2.45, 2.75) is 69.2 Å². The number of alkyl halides is 3. The molecule has 3 aliphatic rings. The fourth-order valence-corrected chi connectivity index (χ4v) is 5.73. The summed E-state index contributed by atoms with van der Waals surface area (Å²) in [5.74, 6) is -0.842. The van der Waals surface area contributed by atoms with Crippen LogP contribution in [0.5, 0.6) is 5.75 Å². The summed E-state index contributed by atoms with van der Waals surface area (Å²) in [6, 6.07) is 4.69. The van der Waals surface area contributed by atoms with Crippen molar-refractivity contribution < 1.29 is 27.5 Å². The third kappa shape index (κ3) is 6.88. The smallest absolute Gasteiger partial charge is 0.421 e. The number of methoxy groups -OCH3 is 1. The Labute approximate surface area is 243 Å². The maximum atomic E-state index is 13.9. The van der Waals surface area contributed by atoms with Crippen LogP contribution >= 0.6 is 0 Å². The van der Waals surface area contributed by atoms with Gasteiger partial charge in [-0.2, -0.15) is 18.2 Å². The van der Waals surface area contributed by atoms with E-state index in [0.717, 1.165) is 51.4 Å². The molecule has 3 N–H and O–H groups in total. The molecule has 0 spiro atoms. The first-order valence-electron chi connectivity index (χ1n) is 14.5. The van der Waals surface area contributed by atoms with Gasteiger partial charge in [0.15, 0.2) is 0 Å². The summed E-state index contributed by atoms with van der Waals surface area (Å²) >= 11 is 0. The minimum absolute atomic E-state index is 0.0629. The highest BCUT2D eigenvalue weighted by molar-refractivity contribution is 5.97. The first kappa shape index (κ1) is 29.9. The lowest BCUT2D eigenvalue weighted by molar-refractivity contribution is -0.137. The summed E-state index contributed by atoms with van der Waals surface area (Å²) in [6.07, 6.45) is 1.58. The number of nitrogens with zero attached hydrogens (tertiary/aromatic N) is 4. The lowest BCUT2D eigenvalue weighted by Gasteiger charge is -2.35. The van der Waals surface area contributed by atoms with Crippen molar-refractivity contribution in [3.05, 3.63) is 35.5 Å². The number of benzene rings is 1. The third-order valence-electron chi connectivity index (χ3n) is 8.44. The molecule has 0 radical (unpaired) electrons. The molecule has 1 saturated heterocycles. The molecule has 2 saturated carbocycles. The maximum absolute atomic E-state index is 13.9. The highest BCUT2D eigenvalue weighted by Gasteiger charge is 2.40. The Morgan fingerprint density at radius 2 is 1.83 bits per heavy atom. The van der Waals surface area contributed by atoms with Gasteiger partial charge in [0.05, 0.1) is 18.6 Å². The summed E-state index contributed by atoms with van der Waals surface area (Å²) in [4.78, 5) is 38.1. The number of piperidine rings is 1. The van der Waals surface area contributed by atoms with E-state index in [2.05, 4.69) is 37.9 Å². The highest BCUT2D eigenvalue weighted by Crippen LogP contribution is 2.37. The van der Waals surface area contributed by atoms with Gasteiger partial charge in [0, 0.05) is 43.1 Å². The average Bonchev–Trinajstić information content (AvgIpc) is 3.65. The number of anilines is 3. The zero-order valence-electron chi connectivity index (χ0n) is 24.1. The number of carbonyl (C=O) groups is 2. The van der Waals surface area contributed by atoms with E-state index in [1.165, 1.54) is 7.11 Å². The van der Waals surface area contributed by atoms with Crippen molar-refractivity contribution in [3.8, 4) is 5.75 Å². The first-order valence-corrected chi connectivity index (χ1v) is 14.5. The number of ether oxygens (including phenoxy) is 1. The van der Waals surface area contributed by atoms with Crippen LogP contribution in [0.4, 0.5) is 30.6 Å². The molecule has 228 valence electrons. The predicted octanol–water partition coefficient (Wildman–Crippen LogP) is 4.27. The number of hydrogen-bond acceptors (Lipinski definition) is 8. The van der Waals surface area contributed by atoms with E-state index in [1.807, 2.05) is 0 Å². The molecule has 42 heavy (non-hydrogen) atoms. The molecule has 1 aromatic carbocycles. The zero-order chi connectivity index (χ0) is 30.0. The fraction of sp³-hybridized carbons (Fsp3) is 0.586. The molecule has 2 heterocycles. The van der Waals surface area contributed by atoms with E-state index in [4.69, 9.17) is 4.74 Å². The molecule has 2 aliphatic carbocycles. The van der Waals surface area contributed by atoms with Gasteiger partial charge in [-0.05, 0) is 70.8 Å². The maximum Gasteiger partial charge on any atom is 0.421 e. The Morgan fingerprint density at radius 1 is 1.10 bits per heavy atom. The normalized spacial score (nSPS) is 21.6. The van der Waals surface area contributed by atoms with E-state index in [-0.39, 0.29) is 35.7 Å². The van der Waals surface area contributed by atoms with Gasteiger partial charge < -0.3 is 30.5 Å². The Kier molecular flexibility index (Phi) is 8.76. The molecule has 13 heteroatoms. The van der Waals surface area contributed by atoms with Gasteiger partial charge in [0.1, 0.15) is 17.1 Å². The van der Waals surface area contributed by atoms with Gasteiger partial charge >= 0.3 is 6.18 Å². The summed E-state index contributed by atoms with van der Waals surface area (Å²) in [7, 11) is 5.31. The summed E-state index contributed by atoms with van der Waals surface area (Å²) < 4.78 is 47.1. The van der Waals surface area contributed by atoms with Gasteiger partial charge in [-0.1, -0.05) is 6.42 Å². The van der Waals surface area contributed by atoms with Gasteiger partial charge in [-0.3, -0.25) is 9.59 Å². The second-order valence-corrected chi connectivity index (χ2v) is 11.5. The van der Waals surface area contributed by atoms with Crippen LogP contribution in [0.2, 0.25) is 0 Å². The number of halogens is 3. The highest BCUT2D eigenvalue weighted by atomic mass is 19.4. The Balaban J connectivity index is 1.33. The average molecular weight is 590 g/mol. The van der Waals surface area contributed by atoms with Gasteiger partial charge in [0.2, 0.25) is 11.9 Å². The van der Waals surface area contributed by atoms with E-state index >= 15 is 0 Å². The number of rotatable bonds is 9. The molecule has 2 aromatic rings. The number of carbonyl (C=O) groups excluding carboxylic acids is 2. The molecular formula is C29H38F3N7O3. The number of nitrogens with one attached hydrogen (secondary N) is 3. The van der Waals surface area contributed by atoms with Gasteiger partial charge in [-0.15, -0.1) is 0 Å². The molecule has 3 fully saturated rings. The van der Waals surface area contributed by atoms with Crippen LogP contribution in [-0.4, -0.2) is 84.0 Å². The zero-order valence-corrected chi connectivity index (χ0v) is 24.1. The largest absolute Gasteiger partial charge is 0.496 e. The second-order valence-electron chi connectivity index (χ2n) is 11.5. The molecule has 2 amide bonds. The van der Waals surface area contributed by atoms with Crippen molar-refractivity contribution in [2.24, 2.45) is 5.92 Å². The van der Waals surface area contributed by atoms with Crippen LogP contribution in [-0.2, 0) is 11.0 Å². The van der Waals surface area contributed by atoms with Gasteiger partial charge in [-0.25, -0.2) is 4.98 Å². The number of hydrogen-bond donors (Lipinski definition) is 3. The SMILES string of the molecule is COc1cc(Nc2ncc(C(F)(F)F)c(N[C@@H]3CCC[C@@H]3C(=O)NC3CC3)n2)ccc1C(=O)N(C)C1CCN(C)CC1. The minimum atomic E-state index is -4.68. The lowest BCUT2D eigenvalue weighted by Crippen LogP contribution is -2.44. The van der Waals surface area contributed by atoms with Gasteiger partial charge in [0.25, 0.3) is 5.91 Å². The topological polar surface area (TPSA) is 112 Å². The van der Waals surface area contributed by atoms with E-state index in [9.17, 15) is 22.8 Å². The minimum Gasteiger partial charge on any atom is -0.496 e. The molecular weight excluding hydrogens is 551 g/mol. The predicted molar refractivity (Wildman–Crippen MR) is 152 cm³/mol.